The number of hydrogen-bond acceptors (Lipinski definition) is 2. The Balaban J connectivity index is 0.00000121. The van der Waals surface area contributed by atoms with E-state index in [4.69, 9.17) is 5.11 Å². The summed E-state index contributed by atoms with van der Waals surface area (Å²) in [6.07, 6.45) is -1.73. The molecule has 3 N–H and O–H groups in total. The largest absolute Gasteiger partial charge is 0.465 e. The van der Waals surface area contributed by atoms with Crippen molar-refractivity contribution in [3.63, 3.8) is 0 Å². The molecule has 72 valence electrons. The molecule has 4 nitrogen and oxygen atoms in total. The molecule has 2 atom stereocenters. The number of rotatable bonds is 1. The summed E-state index contributed by atoms with van der Waals surface area (Å²) in [5.74, 6) is 0. The zero-order chi connectivity index (χ0) is 8.27. The van der Waals surface area contributed by atoms with Crippen molar-refractivity contribution >= 4 is 18.5 Å². The monoisotopic (exact) mass is 198 g/mol. The van der Waals surface area contributed by atoms with E-state index in [1.54, 1.807) is 0 Å². The van der Waals surface area contributed by atoms with Crippen LogP contribution in [-0.2, 0) is 0 Å². The van der Waals surface area contributed by atoms with Gasteiger partial charge in [0.25, 0.3) is 0 Å². The number of alkyl halides is 1. The van der Waals surface area contributed by atoms with Gasteiger partial charge in [0.2, 0.25) is 0 Å². The van der Waals surface area contributed by atoms with Gasteiger partial charge in [-0.25, -0.2) is 9.18 Å². The quantitative estimate of drug-likeness (QED) is 0.571. The topological polar surface area (TPSA) is 61.4 Å². The first-order chi connectivity index (χ1) is 5.20. The Morgan fingerprint density at radius 3 is 2.83 bits per heavy atom. The number of carboxylic acid groups (broad SMARTS) is 1. The first-order valence-corrected chi connectivity index (χ1v) is 3.54. The van der Waals surface area contributed by atoms with E-state index in [2.05, 4.69) is 10.6 Å². The summed E-state index contributed by atoms with van der Waals surface area (Å²) in [4.78, 5) is 10.1. The summed E-state index contributed by atoms with van der Waals surface area (Å²) in [5, 5.41) is 13.2. The third-order valence-corrected chi connectivity index (χ3v) is 1.72. The van der Waals surface area contributed by atoms with Crippen molar-refractivity contribution in [2.24, 2.45) is 0 Å². The molecule has 0 aromatic carbocycles. The minimum atomic E-state index is -1.15. The van der Waals surface area contributed by atoms with E-state index in [1.807, 2.05) is 0 Å². The van der Waals surface area contributed by atoms with Crippen molar-refractivity contribution in [3.05, 3.63) is 0 Å². The third-order valence-electron chi connectivity index (χ3n) is 1.72. The molecule has 1 amide bonds. The molecule has 1 aliphatic heterocycles. The van der Waals surface area contributed by atoms with Gasteiger partial charge in [-0.2, -0.15) is 0 Å². The Labute approximate surface area is 75.9 Å². The number of piperidine rings is 1. The highest BCUT2D eigenvalue weighted by Crippen LogP contribution is 2.06. The third kappa shape index (κ3) is 3.23. The van der Waals surface area contributed by atoms with Crippen LogP contribution >= 0.6 is 12.4 Å². The summed E-state index contributed by atoms with van der Waals surface area (Å²) < 4.78 is 12.8. The molecule has 0 spiro atoms. The van der Waals surface area contributed by atoms with Gasteiger partial charge in [-0.15, -0.1) is 12.4 Å². The van der Waals surface area contributed by atoms with Crippen LogP contribution < -0.4 is 10.6 Å². The Kier molecular flexibility index (Phi) is 4.92. The van der Waals surface area contributed by atoms with E-state index in [1.165, 1.54) is 0 Å². The van der Waals surface area contributed by atoms with Gasteiger partial charge in [-0.3, -0.25) is 0 Å². The summed E-state index contributed by atoms with van der Waals surface area (Å²) >= 11 is 0. The lowest BCUT2D eigenvalue weighted by Gasteiger charge is -2.26. The Morgan fingerprint density at radius 1 is 1.67 bits per heavy atom. The lowest BCUT2D eigenvalue weighted by molar-refractivity contribution is 0.163. The molecule has 1 heterocycles. The molecule has 0 saturated carbocycles. The summed E-state index contributed by atoms with van der Waals surface area (Å²) in [6.45, 7) is 0.913. The Morgan fingerprint density at radius 2 is 2.33 bits per heavy atom. The molecule has 1 fully saturated rings. The molecule has 6 heteroatoms. The van der Waals surface area contributed by atoms with Gasteiger partial charge < -0.3 is 15.7 Å². The predicted molar refractivity (Wildman–Crippen MR) is 44.6 cm³/mol. The van der Waals surface area contributed by atoms with Crippen molar-refractivity contribution in [1.82, 2.24) is 10.6 Å². The van der Waals surface area contributed by atoms with E-state index in [0.717, 1.165) is 0 Å². The van der Waals surface area contributed by atoms with Crippen LogP contribution in [0.2, 0.25) is 0 Å². The van der Waals surface area contributed by atoms with Gasteiger partial charge in [-0.1, -0.05) is 0 Å². The Hall–Kier alpha value is -0.550. The van der Waals surface area contributed by atoms with E-state index in [0.29, 0.717) is 13.0 Å². The molecule has 1 rings (SSSR count). The molecule has 0 aromatic heterocycles. The van der Waals surface area contributed by atoms with E-state index in [-0.39, 0.29) is 19.0 Å². The van der Waals surface area contributed by atoms with Gasteiger partial charge in [0, 0.05) is 6.54 Å². The standard InChI is InChI=1S/C6H11FN2O2.ClH/c7-4-3-8-2-1-5(4)9-6(10)11;/h4-5,8-9H,1-3H2,(H,10,11);1H/t4-,5-;/m0./s1. The number of nitrogens with one attached hydrogen (secondary N) is 2. The van der Waals surface area contributed by atoms with Crippen molar-refractivity contribution in [3.8, 4) is 0 Å². The fourth-order valence-corrected chi connectivity index (χ4v) is 1.14. The number of carbonyl (C=O) groups is 1. The zero-order valence-corrected chi connectivity index (χ0v) is 7.23. The highest BCUT2D eigenvalue weighted by atomic mass is 35.5. The first kappa shape index (κ1) is 11.4. The Bertz CT molecular complexity index is 158. The minimum absolute atomic E-state index is 0. The van der Waals surface area contributed by atoms with Crippen molar-refractivity contribution in [1.29, 1.82) is 0 Å². The molecule has 0 aromatic rings. The van der Waals surface area contributed by atoms with Crippen molar-refractivity contribution < 1.29 is 14.3 Å². The molecule has 0 aliphatic carbocycles. The van der Waals surface area contributed by atoms with Gasteiger partial charge in [-0.05, 0) is 13.0 Å². The van der Waals surface area contributed by atoms with E-state index in [9.17, 15) is 9.18 Å². The average Bonchev–Trinajstić information content (AvgIpc) is 1.93. The van der Waals surface area contributed by atoms with Crippen LogP contribution in [0.4, 0.5) is 9.18 Å². The molecule has 1 saturated heterocycles. The molecular formula is C6H12ClFN2O2. The first-order valence-electron chi connectivity index (χ1n) is 3.54. The summed E-state index contributed by atoms with van der Waals surface area (Å²) in [5.41, 5.74) is 0. The van der Waals surface area contributed by atoms with Crippen LogP contribution in [0, 0.1) is 0 Å². The second kappa shape index (κ2) is 5.16. The molecule has 1 aliphatic rings. The van der Waals surface area contributed by atoms with Crippen LogP contribution in [0.1, 0.15) is 6.42 Å². The maximum absolute atomic E-state index is 12.8. The lowest BCUT2D eigenvalue weighted by atomic mass is 10.1. The van der Waals surface area contributed by atoms with Gasteiger partial charge in [0.05, 0.1) is 6.04 Å². The van der Waals surface area contributed by atoms with Crippen LogP contribution in [0.3, 0.4) is 0 Å². The lowest BCUT2D eigenvalue weighted by Crippen LogP contribution is -2.50. The van der Waals surface area contributed by atoms with Crippen molar-refractivity contribution in [2.75, 3.05) is 13.1 Å². The molecule has 0 unspecified atom stereocenters. The highest BCUT2D eigenvalue weighted by Gasteiger charge is 2.25. The van der Waals surface area contributed by atoms with Crippen molar-refractivity contribution in [2.45, 2.75) is 18.6 Å². The fourth-order valence-electron chi connectivity index (χ4n) is 1.14. The van der Waals surface area contributed by atoms with Gasteiger partial charge in [0.15, 0.2) is 0 Å². The zero-order valence-electron chi connectivity index (χ0n) is 6.42. The minimum Gasteiger partial charge on any atom is -0.465 e. The smallest absolute Gasteiger partial charge is 0.404 e. The predicted octanol–water partition coefficient (Wildman–Crippen LogP) is 0.376. The molecule has 12 heavy (non-hydrogen) atoms. The normalized spacial score (nSPS) is 28.8. The molecular weight excluding hydrogens is 187 g/mol. The maximum atomic E-state index is 12.8. The van der Waals surface area contributed by atoms with E-state index < -0.39 is 18.3 Å². The van der Waals surface area contributed by atoms with Crippen LogP contribution in [-0.4, -0.2) is 36.5 Å². The highest BCUT2D eigenvalue weighted by molar-refractivity contribution is 5.85. The SMILES string of the molecule is Cl.O=C(O)N[C@H]1CCNC[C@@H]1F. The second-order valence-electron chi connectivity index (χ2n) is 2.56. The average molecular weight is 199 g/mol. The number of hydrogen-bond donors (Lipinski definition) is 3. The fraction of sp³-hybridized carbons (Fsp3) is 0.833. The van der Waals surface area contributed by atoms with Gasteiger partial charge in [0.1, 0.15) is 6.17 Å². The van der Waals surface area contributed by atoms with Gasteiger partial charge >= 0.3 is 6.09 Å². The molecule has 0 radical (unpaired) electrons. The van der Waals surface area contributed by atoms with Crippen LogP contribution in [0.5, 0.6) is 0 Å². The van der Waals surface area contributed by atoms with Crippen LogP contribution in [0.15, 0.2) is 0 Å². The molecule has 0 bridgehead atoms. The number of amides is 1. The summed E-state index contributed by atoms with van der Waals surface area (Å²) in [7, 11) is 0. The maximum Gasteiger partial charge on any atom is 0.404 e. The van der Waals surface area contributed by atoms with E-state index >= 15 is 0 Å². The second-order valence-corrected chi connectivity index (χ2v) is 2.56. The van der Waals surface area contributed by atoms with Crippen LogP contribution in [0.25, 0.3) is 0 Å². The summed E-state index contributed by atoms with van der Waals surface area (Å²) in [6, 6.07) is -0.534. The number of halogens is 2.